The van der Waals surface area contributed by atoms with Crippen molar-refractivity contribution in [1.29, 1.82) is 0 Å². The van der Waals surface area contributed by atoms with Gasteiger partial charge in [-0.1, -0.05) is 0 Å². The Morgan fingerprint density at radius 2 is 2.06 bits per heavy atom. The van der Waals surface area contributed by atoms with Gasteiger partial charge in [0.15, 0.2) is 0 Å². The Bertz CT molecular complexity index is 463. The molecule has 1 rings (SSSR count). The number of sulfonamides is 1. The van der Waals surface area contributed by atoms with E-state index >= 15 is 0 Å². The molecule has 1 heterocycles. The minimum absolute atomic E-state index is 0.0984. The topological polar surface area (TPSA) is 85.1 Å². The number of rotatable bonds is 3. The van der Waals surface area contributed by atoms with E-state index in [4.69, 9.17) is 5.73 Å². The lowest BCUT2D eigenvalue weighted by molar-refractivity contribution is 0.490. The van der Waals surface area contributed by atoms with E-state index in [1.165, 1.54) is 12.3 Å². The molecule has 0 saturated heterocycles. The number of hydrogen-bond donors (Lipinski definition) is 2. The zero-order valence-corrected chi connectivity index (χ0v) is 10.5. The maximum Gasteiger partial charge on any atom is 0.242 e. The maximum absolute atomic E-state index is 12.0. The Hall–Kier alpha value is -0.980. The molecule has 0 saturated carbocycles. The molecule has 0 aliphatic carbocycles. The molecule has 90 valence electrons. The summed E-state index contributed by atoms with van der Waals surface area (Å²) in [7, 11) is -3.55. The first-order chi connectivity index (χ1) is 7.26. The molecule has 3 N–H and O–H groups in total. The second-order valence-corrected chi connectivity index (χ2v) is 6.16. The highest BCUT2D eigenvalue weighted by Gasteiger charge is 2.24. The maximum atomic E-state index is 12.0. The summed E-state index contributed by atoms with van der Waals surface area (Å²) < 4.78 is 26.6. The Morgan fingerprint density at radius 1 is 1.44 bits per heavy atom. The van der Waals surface area contributed by atoms with Crippen LogP contribution < -0.4 is 10.5 Å². The number of nitrogens with one attached hydrogen (secondary N) is 1. The number of nitrogens with two attached hydrogens (primary N) is 1. The molecule has 6 heteroatoms. The summed E-state index contributed by atoms with van der Waals surface area (Å²) in [4.78, 5) is 4.10. The second kappa shape index (κ2) is 4.48. The molecule has 0 radical (unpaired) electrons. The van der Waals surface area contributed by atoms with Crippen LogP contribution in [0.1, 0.15) is 26.5 Å². The van der Waals surface area contributed by atoms with Crippen LogP contribution in [0.4, 0.5) is 0 Å². The van der Waals surface area contributed by atoms with Gasteiger partial charge in [-0.25, -0.2) is 13.1 Å². The standard InChI is InChI=1S/C10H17N3O2S/c1-10(2,3)13-16(14,15)9-5-4-6-12-8(9)7-11/h4-6,13H,7,11H2,1-3H3. The van der Waals surface area contributed by atoms with Crippen LogP contribution in [0.25, 0.3) is 0 Å². The van der Waals surface area contributed by atoms with Crippen molar-refractivity contribution in [2.24, 2.45) is 5.73 Å². The van der Waals surface area contributed by atoms with E-state index in [-0.39, 0.29) is 11.4 Å². The fraction of sp³-hybridized carbons (Fsp3) is 0.500. The van der Waals surface area contributed by atoms with Gasteiger partial charge in [0.05, 0.1) is 5.69 Å². The summed E-state index contributed by atoms with van der Waals surface area (Å²) in [6.07, 6.45) is 1.53. The minimum atomic E-state index is -3.55. The molecule has 5 nitrogen and oxygen atoms in total. The number of pyridine rings is 1. The molecule has 0 aromatic carbocycles. The fourth-order valence-electron chi connectivity index (χ4n) is 1.28. The van der Waals surface area contributed by atoms with Gasteiger partial charge in [0, 0.05) is 18.3 Å². The molecule has 16 heavy (non-hydrogen) atoms. The summed E-state index contributed by atoms with van der Waals surface area (Å²) in [5, 5.41) is 0. The molecule has 0 atom stereocenters. The van der Waals surface area contributed by atoms with Gasteiger partial charge in [-0.05, 0) is 32.9 Å². The van der Waals surface area contributed by atoms with Gasteiger partial charge in [0.1, 0.15) is 4.90 Å². The average Bonchev–Trinajstić information content (AvgIpc) is 2.14. The van der Waals surface area contributed by atoms with Crippen LogP contribution in [0.2, 0.25) is 0 Å². The van der Waals surface area contributed by atoms with Crippen molar-refractivity contribution in [1.82, 2.24) is 9.71 Å². The van der Waals surface area contributed by atoms with Crippen LogP contribution in [-0.4, -0.2) is 18.9 Å². The lowest BCUT2D eigenvalue weighted by Gasteiger charge is -2.21. The van der Waals surface area contributed by atoms with Gasteiger partial charge < -0.3 is 5.73 Å². The minimum Gasteiger partial charge on any atom is -0.325 e. The van der Waals surface area contributed by atoms with Crippen molar-refractivity contribution in [3.63, 3.8) is 0 Å². The predicted molar refractivity (Wildman–Crippen MR) is 62.2 cm³/mol. The summed E-state index contributed by atoms with van der Waals surface area (Å²) >= 11 is 0. The summed E-state index contributed by atoms with van der Waals surface area (Å²) in [6.45, 7) is 5.44. The SMILES string of the molecule is CC(C)(C)NS(=O)(=O)c1cccnc1CN. The highest BCUT2D eigenvalue weighted by atomic mass is 32.2. The van der Waals surface area contributed by atoms with Crippen molar-refractivity contribution in [3.8, 4) is 0 Å². The van der Waals surface area contributed by atoms with Crippen LogP contribution in [0.5, 0.6) is 0 Å². The van der Waals surface area contributed by atoms with Crippen LogP contribution in [0.15, 0.2) is 23.2 Å². The smallest absolute Gasteiger partial charge is 0.242 e. The van der Waals surface area contributed by atoms with E-state index < -0.39 is 15.6 Å². The van der Waals surface area contributed by atoms with Crippen LogP contribution in [0.3, 0.4) is 0 Å². The van der Waals surface area contributed by atoms with E-state index in [9.17, 15) is 8.42 Å². The molecule has 0 aliphatic heterocycles. The largest absolute Gasteiger partial charge is 0.325 e. The van der Waals surface area contributed by atoms with Gasteiger partial charge in [-0.2, -0.15) is 0 Å². The second-order valence-electron chi connectivity index (χ2n) is 4.51. The zero-order chi connectivity index (χ0) is 12.4. The molecular weight excluding hydrogens is 226 g/mol. The third-order valence-corrected chi connectivity index (χ3v) is 3.60. The summed E-state index contributed by atoms with van der Waals surface area (Å²) in [5.41, 5.74) is 5.30. The lowest BCUT2D eigenvalue weighted by atomic mass is 10.1. The number of aromatic nitrogens is 1. The van der Waals surface area contributed by atoms with E-state index in [1.54, 1.807) is 26.8 Å². The van der Waals surface area contributed by atoms with Crippen LogP contribution in [0, 0.1) is 0 Å². The van der Waals surface area contributed by atoms with Crippen molar-refractivity contribution >= 4 is 10.0 Å². The Labute approximate surface area is 96.1 Å². The van der Waals surface area contributed by atoms with Gasteiger partial charge in [-0.15, -0.1) is 0 Å². The molecule has 0 unspecified atom stereocenters. The Morgan fingerprint density at radius 3 is 2.56 bits per heavy atom. The van der Waals surface area contributed by atoms with Gasteiger partial charge >= 0.3 is 0 Å². The van der Waals surface area contributed by atoms with E-state index in [1.807, 2.05) is 0 Å². The summed E-state index contributed by atoms with van der Waals surface area (Å²) in [5.74, 6) is 0. The van der Waals surface area contributed by atoms with E-state index in [2.05, 4.69) is 9.71 Å². The molecule has 0 aliphatic rings. The van der Waals surface area contributed by atoms with Gasteiger partial charge in [-0.3, -0.25) is 4.98 Å². The monoisotopic (exact) mass is 243 g/mol. The normalized spacial score (nSPS) is 12.8. The van der Waals surface area contributed by atoms with Crippen molar-refractivity contribution < 1.29 is 8.42 Å². The quantitative estimate of drug-likeness (QED) is 0.815. The predicted octanol–water partition coefficient (Wildman–Crippen LogP) is 0.617. The Balaban J connectivity index is 3.17. The van der Waals surface area contributed by atoms with E-state index in [0.29, 0.717) is 5.69 Å². The molecule has 0 amide bonds. The highest BCUT2D eigenvalue weighted by Crippen LogP contribution is 2.15. The van der Waals surface area contributed by atoms with Gasteiger partial charge in [0.25, 0.3) is 0 Å². The lowest BCUT2D eigenvalue weighted by Crippen LogP contribution is -2.41. The first kappa shape index (κ1) is 13.1. The zero-order valence-electron chi connectivity index (χ0n) is 9.69. The molecule has 1 aromatic heterocycles. The first-order valence-corrected chi connectivity index (χ1v) is 6.42. The Kier molecular flexibility index (Phi) is 3.67. The third-order valence-electron chi connectivity index (χ3n) is 1.77. The molecule has 0 fully saturated rings. The summed E-state index contributed by atoms with van der Waals surface area (Å²) in [6, 6.07) is 3.08. The first-order valence-electron chi connectivity index (χ1n) is 4.94. The van der Waals surface area contributed by atoms with Gasteiger partial charge in [0.2, 0.25) is 10.0 Å². The average molecular weight is 243 g/mol. The van der Waals surface area contributed by atoms with Crippen molar-refractivity contribution in [2.45, 2.75) is 37.8 Å². The van der Waals surface area contributed by atoms with E-state index in [0.717, 1.165) is 0 Å². The van der Waals surface area contributed by atoms with Crippen LogP contribution in [-0.2, 0) is 16.6 Å². The highest BCUT2D eigenvalue weighted by molar-refractivity contribution is 7.89. The molecule has 0 bridgehead atoms. The van der Waals surface area contributed by atoms with Crippen molar-refractivity contribution in [3.05, 3.63) is 24.0 Å². The molecule has 1 aromatic rings. The fourth-order valence-corrected chi connectivity index (χ4v) is 2.90. The number of hydrogen-bond acceptors (Lipinski definition) is 4. The number of nitrogens with zero attached hydrogens (tertiary/aromatic N) is 1. The molecule has 0 spiro atoms. The molecular formula is C10H17N3O2S. The third kappa shape index (κ3) is 3.26. The van der Waals surface area contributed by atoms with Crippen LogP contribution >= 0.6 is 0 Å². The van der Waals surface area contributed by atoms with Crippen molar-refractivity contribution in [2.75, 3.05) is 0 Å².